The van der Waals surface area contributed by atoms with Gasteiger partial charge in [-0.1, -0.05) is 12.1 Å². The first-order valence-corrected chi connectivity index (χ1v) is 6.89. The fourth-order valence-electron chi connectivity index (χ4n) is 2.32. The van der Waals surface area contributed by atoms with Crippen molar-refractivity contribution >= 4 is 0 Å². The summed E-state index contributed by atoms with van der Waals surface area (Å²) in [7, 11) is 3.61. The van der Waals surface area contributed by atoms with Crippen LogP contribution in [0.4, 0.5) is 4.39 Å². The van der Waals surface area contributed by atoms with E-state index in [0.717, 1.165) is 24.2 Å². The first-order valence-electron chi connectivity index (χ1n) is 6.89. The van der Waals surface area contributed by atoms with Crippen molar-refractivity contribution in [2.75, 3.05) is 27.3 Å². The van der Waals surface area contributed by atoms with Crippen molar-refractivity contribution in [2.24, 2.45) is 0 Å². The third kappa shape index (κ3) is 4.27. The topological polar surface area (TPSA) is 24.5 Å². The average molecular weight is 266 g/mol. The molecule has 0 aromatic heterocycles. The molecule has 1 aromatic rings. The monoisotopic (exact) mass is 266 g/mol. The number of nitrogens with zero attached hydrogens (tertiary/aromatic N) is 1. The van der Waals surface area contributed by atoms with E-state index in [1.54, 1.807) is 13.2 Å². The number of hydrogen-bond donors (Lipinski definition) is 1. The van der Waals surface area contributed by atoms with Gasteiger partial charge in [-0.25, -0.2) is 4.39 Å². The molecular weight excluding hydrogens is 243 g/mol. The maximum absolute atomic E-state index is 13.9. The average Bonchev–Trinajstić information content (AvgIpc) is 3.22. The van der Waals surface area contributed by atoms with Gasteiger partial charge in [0.15, 0.2) is 0 Å². The van der Waals surface area contributed by atoms with Crippen LogP contribution < -0.4 is 5.32 Å². The number of benzene rings is 1. The Bertz CT molecular complexity index is 407. The first kappa shape index (κ1) is 14.4. The van der Waals surface area contributed by atoms with Gasteiger partial charge in [-0.2, -0.15) is 0 Å². The maximum Gasteiger partial charge on any atom is 0.127 e. The largest absolute Gasteiger partial charge is 0.383 e. The molecule has 0 amide bonds. The van der Waals surface area contributed by atoms with Gasteiger partial charge in [0.1, 0.15) is 5.82 Å². The van der Waals surface area contributed by atoms with Gasteiger partial charge in [-0.15, -0.1) is 0 Å². The van der Waals surface area contributed by atoms with E-state index in [9.17, 15) is 4.39 Å². The molecule has 1 N–H and O–H groups in total. The van der Waals surface area contributed by atoms with Crippen LogP contribution in [0.25, 0.3) is 0 Å². The molecule has 0 saturated heterocycles. The van der Waals surface area contributed by atoms with E-state index in [2.05, 4.69) is 10.2 Å². The van der Waals surface area contributed by atoms with Gasteiger partial charge in [0.25, 0.3) is 0 Å². The molecule has 1 aliphatic rings. The van der Waals surface area contributed by atoms with Gasteiger partial charge in [0, 0.05) is 38.3 Å². The Morgan fingerprint density at radius 1 is 1.42 bits per heavy atom. The summed E-state index contributed by atoms with van der Waals surface area (Å²) in [4.78, 5) is 2.32. The minimum Gasteiger partial charge on any atom is -0.383 e. The van der Waals surface area contributed by atoms with Crippen LogP contribution in [0.3, 0.4) is 0 Å². The zero-order valence-corrected chi connectivity index (χ0v) is 11.8. The maximum atomic E-state index is 13.9. The Balaban J connectivity index is 2.04. The number of halogens is 1. The molecule has 4 heteroatoms. The zero-order chi connectivity index (χ0) is 13.7. The molecule has 1 aromatic carbocycles. The van der Waals surface area contributed by atoms with Gasteiger partial charge in [0.2, 0.25) is 0 Å². The molecule has 1 saturated carbocycles. The molecule has 3 nitrogen and oxygen atoms in total. The van der Waals surface area contributed by atoms with E-state index in [4.69, 9.17) is 4.74 Å². The van der Waals surface area contributed by atoms with Crippen LogP contribution in [0.2, 0.25) is 0 Å². The lowest BCUT2D eigenvalue weighted by Gasteiger charge is -2.22. The van der Waals surface area contributed by atoms with Crippen LogP contribution in [0, 0.1) is 5.82 Å². The van der Waals surface area contributed by atoms with Crippen LogP contribution in [0.15, 0.2) is 18.2 Å². The minimum absolute atomic E-state index is 0.108. The Labute approximate surface area is 114 Å². The Morgan fingerprint density at radius 2 is 2.21 bits per heavy atom. The molecule has 0 bridgehead atoms. The molecule has 1 fully saturated rings. The van der Waals surface area contributed by atoms with E-state index >= 15 is 0 Å². The number of methoxy groups -OCH3 is 1. The molecule has 0 heterocycles. The summed E-state index contributed by atoms with van der Waals surface area (Å²) >= 11 is 0. The van der Waals surface area contributed by atoms with E-state index in [1.807, 2.05) is 19.2 Å². The second kappa shape index (κ2) is 6.98. The van der Waals surface area contributed by atoms with Crippen molar-refractivity contribution in [2.45, 2.75) is 32.0 Å². The predicted octanol–water partition coefficient (Wildman–Crippen LogP) is 2.16. The highest BCUT2D eigenvalue weighted by atomic mass is 19.1. The zero-order valence-electron chi connectivity index (χ0n) is 11.8. The van der Waals surface area contributed by atoms with Gasteiger partial charge >= 0.3 is 0 Å². The molecule has 0 atom stereocenters. The van der Waals surface area contributed by atoms with E-state index in [1.165, 1.54) is 12.8 Å². The fourth-order valence-corrected chi connectivity index (χ4v) is 2.32. The highest BCUT2D eigenvalue weighted by Crippen LogP contribution is 2.28. The smallest absolute Gasteiger partial charge is 0.127 e. The number of ether oxygens (including phenoxy) is 1. The van der Waals surface area contributed by atoms with Crippen molar-refractivity contribution in [3.8, 4) is 0 Å². The SMILES string of the molecule is CNCc1ccc(F)c(CN(CCOC)C2CC2)c1. The first-order chi connectivity index (χ1) is 9.24. The molecule has 0 unspecified atom stereocenters. The predicted molar refractivity (Wildman–Crippen MR) is 74.5 cm³/mol. The summed E-state index contributed by atoms with van der Waals surface area (Å²) in [6.45, 7) is 3.03. The molecule has 1 aliphatic carbocycles. The molecule has 2 rings (SSSR count). The quantitative estimate of drug-likeness (QED) is 0.780. The lowest BCUT2D eigenvalue weighted by Crippen LogP contribution is -2.29. The molecule has 106 valence electrons. The van der Waals surface area contributed by atoms with Gasteiger partial charge in [0.05, 0.1) is 6.61 Å². The normalized spacial score (nSPS) is 15.2. The van der Waals surface area contributed by atoms with Gasteiger partial charge in [-0.05, 0) is 31.5 Å². The summed E-state index contributed by atoms with van der Waals surface area (Å²) in [6.07, 6.45) is 2.45. The standard InChI is InChI=1S/C15H23FN2O/c1-17-10-12-3-6-15(16)13(9-12)11-18(7-8-19-2)14-4-5-14/h3,6,9,14,17H,4-5,7-8,10-11H2,1-2H3. The molecular formula is C15H23FN2O. The number of nitrogens with one attached hydrogen (secondary N) is 1. The Morgan fingerprint density at radius 3 is 2.84 bits per heavy atom. The van der Waals surface area contributed by atoms with Crippen LogP contribution in [0.5, 0.6) is 0 Å². The molecule has 19 heavy (non-hydrogen) atoms. The second-order valence-corrected chi connectivity index (χ2v) is 5.15. The van der Waals surface area contributed by atoms with Crippen LogP contribution in [-0.4, -0.2) is 38.3 Å². The summed E-state index contributed by atoms with van der Waals surface area (Å²) in [5, 5.41) is 3.10. The minimum atomic E-state index is -0.108. The van der Waals surface area contributed by atoms with E-state index in [-0.39, 0.29) is 5.82 Å². The van der Waals surface area contributed by atoms with Crippen molar-refractivity contribution < 1.29 is 9.13 Å². The van der Waals surface area contributed by atoms with Crippen molar-refractivity contribution in [3.05, 3.63) is 35.1 Å². The highest BCUT2D eigenvalue weighted by Gasteiger charge is 2.29. The van der Waals surface area contributed by atoms with E-state index in [0.29, 0.717) is 19.2 Å². The molecule has 0 spiro atoms. The third-order valence-corrected chi connectivity index (χ3v) is 3.51. The Hall–Kier alpha value is -0.970. The Kier molecular flexibility index (Phi) is 5.31. The van der Waals surface area contributed by atoms with Gasteiger partial charge in [-0.3, -0.25) is 4.90 Å². The fraction of sp³-hybridized carbons (Fsp3) is 0.600. The lowest BCUT2D eigenvalue weighted by atomic mass is 10.1. The number of hydrogen-bond acceptors (Lipinski definition) is 3. The summed E-state index contributed by atoms with van der Waals surface area (Å²) < 4.78 is 19.0. The summed E-state index contributed by atoms with van der Waals surface area (Å²) in [5.74, 6) is -0.108. The third-order valence-electron chi connectivity index (χ3n) is 3.51. The van der Waals surface area contributed by atoms with Crippen LogP contribution in [-0.2, 0) is 17.8 Å². The van der Waals surface area contributed by atoms with Gasteiger partial charge < -0.3 is 10.1 Å². The van der Waals surface area contributed by atoms with Crippen molar-refractivity contribution in [1.29, 1.82) is 0 Å². The summed E-state index contributed by atoms with van der Waals surface area (Å²) in [5.41, 5.74) is 1.91. The lowest BCUT2D eigenvalue weighted by molar-refractivity contribution is 0.139. The van der Waals surface area contributed by atoms with Crippen molar-refractivity contribution in [1.82, 2.24) is 10.2 Å². The second-order valence-electron chi connectivity index (χ2n) is 5.15. The number of rotatable bonds is 8. The van der Waals surface area contributed by atoms with Crippen LogP contribution >= 0.6 is 0 Å². The van der Waals surface area contributed by atoms with E-state index < -0.39 is 0 Å². The van der Waals surface area contributed by atoms with Crippen molar-refractivity contribution in [3.63, 3.8) is 0 Å². The molecule has 0 radical (unpaired) electrons. The highest BCUT2D eigenvalue weighted by molar-refractivity contribution is 5.25. The summed E-state index contributed by atoms with van der Waals surface area (Å²) in [6, 6.07) is 5.99. The van der Waals surface area contributed by atoms with Crippen LogP contribution in [0.1, 0.15) is 24.0 Å². The molecule has 0 aliphatic heterocycles.